The third-order valence-electron chi connectivity index (χ3n) is 6.35. The van der Waals surface area contributed by atoms with Crippen molar-refractivity contribution >= 4 is 39.6 Å². The van der Waals surface area contributed by atoms with E-state index in [0.29, 0.717) is 11.3 Å². The van der Waals surface area contributed by atoms with Crippen LogP contribution >= 0.6 is 11.8 Å². The molecule has 1 aliphatic heterocycles. The van der Waals surface area contributed by atoms with Gasteiger partial charge in [0.25, 0.3) is 0 Å². The third-order valence-corrected chi connectivity index (χ3v) is 7.44. The number of fused-ring (bicyclic) bond motifs is 2. The summed E-state index contributed by atoms with van der Waals surface area (Å²) < 4.78 is 0. The summed E-state index contributed by atoms with van der Waals surface area (Å²) >= 11 is 1.75. The molecule has 4 aromatic rings. The minimum Gasteiger partial charge on any atom is -0.352 e. The largest absolute Gasteiger partial charge is 0.352 e. The highest BCUT2D eigenvalue weighted by molar-refractivity contribution is 7.99. The number of nitrogens with zero attached hydrogens (tertiary/aromatic N) is 3. The van der Waals surface area contributed by atoms with Gasteiger partial charge in [0.15, 0.2) is 5.16 Å². The van der Waals surface area contributed by atoms with Crippen LogP contribution in [0.15, 0.2) is 66.0 Å². The molecule has 1 aliphatic carbocycles. The molecule has 0 radical (unpaired) electrons. The highest BCUT2D eigenvalue weighted by atomic mass is 32.2. The molecule has 6 rings (SSSR count). The third kappa shape index (κ3) is 3.98. The van der Waals surface area contributed by atoms with Gasteiger partial charge in [-0.2, -0.15) is 0 Å². The van der Waals surface area contributed by atoms with Gasteiger partial charge < -0.3 is 10.3 Å². The number of H-pyrrole nitrogens is 1. The molecule has 2 aliphatic rings. The van der Waals surface area contributed by atoms with Crippen LogP contribution in [-0.2, 0) is 11.3 Å². The average Bonchev–Trinajstić information content (AvgIpc) is 3.38. The maximum Gasteiger partial charge on any atom is 0.237 e. The number of pyridine rings is 1. The number of thioether (sulfide) groups is 1. The molecule has 3 heterocycles. The normalized spacial score (nSPS) is 21.4. The predicted molar refractivity (Wildman–Crippen MR) is 127 cm³/mol. The molecule has 7 heteroatoms. The molecule has 1 saturated heterocycles. The molecular formula is C25H25N5OS. The fraction of sp³-hybridized carbons (Fsp3) is 0.320. The SMILES string of the molecule is O=C(NC1CC1)[C@@H]1C[C@@H](Sc2nc3ccccc3[nH]2)CN1Cc1ccnc2ccccc12. The second-order valence-electron chi connectivity index (χ2n) is 8.75. The van der Waals surface area contributed by atoms with E-state index in [1.54, 1.807) is 11.8 Å². The van der Waals surface area contributed by atoms with Crippen molar-refractivity contribution in [3.05, 3.63) is 66.4 Å². The Hall–Kier alpha value is -2.90. The van der Waals surface area contributed by atoms with Crippen molar-refractivity contribution in [3.8, 4) is 0 Å². The minimum atomic E-state index is -0.121. The van der Waals surface area contributed by atoms with Gasteiger partial charge in [-0.05, 0) is 49.1 Å². The van der Waals surface area contributed by atoms with Gasteiger partial charge in [0.2, 0.25) is 5.91 Å². The van der Waals surface area contributed by atoms with E-state index in [4.69, 9.17) is 4.98 Å². The molecule has 0 unspecified atom stereocenters. The minimum absolute atomic E-state index is 0.121. The number of amides is 1. The molecule has 2 fully saturated rings. The number of hydrogen-bond donors (Lipinski definition) is 2. The molecule has 1 amide bonds. The number of rotatable bonds is 6. The van der Waals surface area contributed by atoms with Crippen LogP contribution in [0.2, 0.25) is 0 Å². The lowest BCUT2D eigenvalue weighted by Gasteiger charge is -2.24. The molecule has 2 aromatic carbocycles. The molecule has 0 spiro atoms. The number of hydrogen-bond acceptors (Lipinski definition) is 5. The highest BCUT2D eigenvalue weighted by Gasteiger charge is 2.39. The summed E-state index contributed by atoms with van der Waals surface area (Å²) in [6, 6.07) is 18.7. The maximum atomic E-state index is 13.1. The Morgan fingerprint density at radius 2 is 1.91 bits per heavy atom. The smallest absolute Gasteiger partial charge is 0.237 e. The summed E-state index contributed by atoms with van der Waals surface area (Å²) in [5.41, 5.74) is 4.25. The van der Waals surface area contributed by atoms with Crippen LogP contribution in [0.5, 0.6) is 0 Å². The van der Waals surface area contributed by atoms with Crippen LogP contribution in [0.1, 0.15) is 24.8 Å². The first kappa shape index (κ1) is 19.8. The van der Waals surface area contributed by atoms with E-state index < -0.39 is 0 Å². The van der Waals surface area contributed by atoms with Crippen LogP contribution in [0, 0.1) is 0 Å². The van der Waals surface area contributed by atoms with Crippen molar-refractivity contribution in [2.45, 2.75) is 48.3 Å². The highest BCUT2D eigenvalue weighted by Crippen LogP contribution is 2.34. The van der Waals surface area contributed by atoms with Crippen molar-refractivity contribution in [1.82, 2.24) is 25.2 Å². The quantitative estimate of drug-likeness (QED) is 0.469. The van der Waals surface area contributed by atoms with Crippen molar-refractivity contribution in [2.75, 3.05) is 6.54 Å². The van der Waals surface area contributed by atoms with E-state index in [1.165, 1.54) is 5.56 Å². The zero-order valence-corrected chi connectivity index (χ0v) is 18.5. The van der Waals surface area contributed by atoms with Crippen LogP contribution in [0.25, 0.3) is 21.9 Å². The molecule has 0 bridgehead atoms. The Morgan fingerprint density at radius 3 is 2.75 bits per heavy atom. The van der Waals surface area contributed by atoms with Crippen LogP contribution in [0.3, 0.4) is 0 Å². The fourth-order valence-electron chi connectivity index (χ4n) is 4.57. The number of benzene rings is 2. The van der Waals surface area contributed by atoms with Gasteiger partial charge in [-0.25, -0.2) is 4.98 Å². The van der Waals surface area contributed by atoms with Gasteiger partial charge in [-0.15, -0.1) is 0 Å². The van der Waals surface area contributed by atoms with E-state index in [2.05, 4.69) is 38.4 Å². The summed E-state index contributed by atoms with van der Waals surface area (Å²) in [7, 11) is 0. The summed E-state index contributed by atoms with van der Waals surface area (Å²) in [4.78, 5) is 28.1. The number of imidazole rings is 1. The van der Waals surface area contributed by atoms with Crippen molar-refractivity contribution < 1.29 is 4.79 Å². The van der Waals surface area contributed by atoms with E-state index in [1.807, 2.05) is 42.6 Å². The lowest BCUT2D eigenvalue weighted by Crippen LogP contribution is -2.43. The zero-order chi connectivity index (χ0) is 21.5. The Kier molecular flexibility index (Phi) is 5.08. The van der Waals surface area contributed by atoms with Gasteiger partial charge in [0.05, 0.1) is 22.6 Å². The molecule has 6 nitrogen and oxygen atoms in total. The average molecular weight is 444 g/mol. The van der Waals surface area contributed by atoms with Gasteiger partial charge in [0.1, 0.15) is 0 Å². The lowest BCUT2D eigenvalue weighted by atomic mass is 10.1. The number of carbonyl (C=O) groups is 1. The Balaban J connectivity index is 1.25. The number of likely N-dealkylation sites (tertiary alicyclic amines) is 1. The Morgan fingerprint density at radius 1 is 1.09 bits per heavy atom. The molecule has 2 N–H and O–H groups in total. The second-order valence-corrected chi connectivity index (χ2v) is 10.0. The number of aromatic nitrogens is 3. The van der Waals surface area contributed by atoms with E-state index >= 15 is 0 Å². The molecule has 32 heavy (non-hydrogen) atoms. The van der Waals surface area contributed by atoms with E-state index in [0.717, 1.165) is 59.4 Å². The first-order valence-electron chi connectivity index (χ1n) is 11.2. The number of nitrogens with one attached hydrogen (secondary N) is 2. The van der Waals surface area contributed by atoms with Gasteiger partial charge in [-0.1, -0.05) is 42.1 Å². The van der Waals surface area contributed by atoms with Crippen LogP contribution in [-0.4, -0.2) is 49.6 Å². The van der Waals surface area contributed by atoms with Crippen LogP contribution < -0.4 is 5.32 Å². The van der Waals surface area contributed by atoms with Crippen molar-refractivity contribution in [3.63, 3.8) is 0 Å². The van der Waals surface area contributed by atoms with Crippen LogP contribution in [0.4, 0.5) is 0 Å². The van der Waals surface area contributed by atoms with E-state index in [9.17, 15) is 4.79 Å². The monoisotopic (exact) mass is 443 g/mol. The zero-order valence-electron chi connectivity index (χ0n) is 17.7. The summed E-state index contributed by atoms with van der Waals surface area (Å²) in [5.74, 6) is 0.165. The Labute approximate surface area is 190 Å². The number of carbonyl (C=O) groups excluding carboxylic acids is 1. The van der Waals surface area contributed by atoms with Crippen molar-refractivity contribution in [1.29, 1.82) is 0 Å². The molecule has 162 valence electrons. The standard InChI is InChI=1S/C25H25N5OS/c31-24(27-17-9-10-17)23-13-18(32-25-28-21-7-3-4-8-22(21)29-25)15-30(23)14-16-11-12-26-20-6-2-1-5-19(16)20/h1-8,11-12,17-18,23H,9-10,13-15H2,(H,27,31)(H,28,29)/t18-,23+/m1/s1. The number of aromatic amines is 1. The number of para-hydroxylation sites is 3. The first-order valence-corrected chi connectivity index (χ1v) is 12.1. The summed E-state index contributed by atoms with van der Waals surface area (Å²) in [6.45, 7) is 1.59. The van der Waals surface area contributed by atoms with Gasteiger partial charge in [0, 0.05) is 36.0 Å². The lowest BCUT2D eigenvalue weighted by molar-refractivity contribution is -0.125. The Bertz CT molecular complexity index is 1250. The summed E-state index contributed by atoms with van der Waals surface area (Å²) in [6.07, 6.45) is 4.90. The molecular weight excluding hydrogens is 418 g/mol. The maximum absolute atomic E-state index is 13.1. The predicted octanol–water partition coefficient (Wildman–Crippen LogP) is 4.12. The van der Waals surface area contributed by atoms with E-state index in [-0.39, 0.29) is 11.9 Å². The molecule has 2 atom stereocenters. The fourth-order valence-corrected chi connectivity index (χ4v) is 5.75. The van der Waals surface area contributed by atoms with Gasteiger partial charge >= 0.3 is 0 Å². The topological polar surface area (TPSA) is 73.9 Å². The molecule has 2 aromatic heterocycles. The van der Waals surface area contributed by atoms with Crippen molar-refractivity contribution in [2.24, 2.45) is 0 Å². The second kappa shape index (κ2) is 8.22. The van der Waals surface area contributed by atoms with Gasteiger partial charge in [-0.3, -0.25) is 14.7 Å². The molecule has 1 saturated carbocycles. The summed E-state index contributed by atoms with van der Waals surface area (Å²) in [5, 5.41) is 5.62. The first-order chi connectivity index (χ1) is 15.7.